The smallest absolute Gasteiger partial charge is 0.00141 e. The summed E-state index contributed by atoms with van der Waals surface area (Å²) < 4.78 is 0. The van der Waals surface area contributed by atoms with Crippen LogP contribution >= 0.6 is 0 Å². The lowest BCUT2D eigenvalue weighted by atomic mass is 9.81. The predicted octanol–water partition coefficient (Wildman–Crippen LogP) is 11.9. The molecule has 194 valence electrons. The van der Waals surface area contributed by atoms with Gasteiger partial charge >= 0.3 is 0 Å². The highest BCUT2D eigenvalue weighted by atomic mass is 14.2. The molecule has 42 heavy (non-hydrogen) atoms. The third-order valence-corrected chi connectivity index (χ3v) is 8.99. The zero-order valence-electron chi connectivity index (χ0n) is 23.0. The fourth-order valence-electron chi connectivity index (χ4n) is 7.24. The summed E-state index contributed by atoms with van der Waals surface area (Å²) in [6.45, 7) is 0. The quantitative estimate of drug-likeness (QED) is 0.157. The van der Waals surface area contributed by atoms with E-state index in [1.165, 1.54) is 87.2 Å². The molecule has 0 fully saturated rings. The molecule has 0 saturated heterocycles. The van der Waals surface area contributed by atoms with Gasteiger partial charge in [-0.15, -0.1) is 0 Å². The Morgan fingerprint density at radius 1 is 0.238 bits per heavy atom. The molecule has 0 heterocycles. The Kier molecular flexibility index (Phi) is 5.00. The van der Waals surface area contributed by atoms with E-state index in [9.17, 15) is 0 Å². The molecule has 0 nitrogen and oxygen atoms in total. The normalized spacial score (nSPS) is 11.8. The molecule has 0 aliphatic carbocycles. The van der Waals surface area contributed by atoms with E-state index in [0.717, 1.165) is 0 Å². The van der Waals surface area contributed by atoms with Gasteiger partial charge in [0.15, 0.2) is 0 Å². The van der Waals surface area contributed by atoms with Gasteiger partial charge in [0, 0.05) is 0 Å². The fourth-order valence-corrected chi connectivity index (χ4v) is 7.24. The molecule has 0 N–H and O–H groups in total. The molecule has 0 radical (unpaired) electrons. The van der Waals surface area contributed by atoms with E-state index < -0.39 is 0 Å². The standard InChI is InChI=1S/C42H26/c1-3-11-27(12-4-1)32-19-10-20-37-41(34-18-8-7-17-33(34)40(42(32)37)28-13-5-2-6-14-28)36-26-24-31-22-21-29-15-9-16-30-23-25-35(36)39(31)38(29)30/h1-26H. The van der Waals surface area contributed by atoms with Crippen LogP contribution in [-0.2, 0) is 0 Å². The Labute approximate surface area is 244 Å². The van der Waals surface area contributed by atoms with Gasteiger partial charge in [0.2, 0.25) is 0 Å². The second kappa shape index (κ2) is 9.03. The third kappa shape index (κ3) is 3.30. The molecular formula is C42H26. The first kappa shape index (κ1) is 23.3. The maximum atomic E-state index is 2.35. The van der Waals surface area contributed by atoms with Gasteiger partial charge < -0.3 is 0 Å². The van der Waals surface area contributed by atoms with Crippen molar-refractivity contribution in [2.45, 2.75) is 0 Å². The molecule has 9 rings (SSSR count). The topological polar surface area (TPSA) is 0 Å². The lowest BCUT2D eigenvalue weighted by molar-refractivity contribution is 1.64. The summed E-state index contributed by atoms with van der Waals surface area (Å²) >= 11 is 0. The summed E-state index contributed by atoms with van der Waals surface area (Å²) in [7, 11) is 0. The highest BCUT2D eigenvalue weighted by molar-refractivity contribution is 6.30. The van der Waals surface area contributed by atoms with Crippen molar-refractivity contribution in [1.29, 1.82) is 0 Å². The van der Waals surface area contributed by atoms with Crippen LogP contribution in [0.1, 0.15) is 0 Å². The van der Waals surface area contributed by atoms with Crippen LogP contribution < -0.4 is 0 Å². The van der Waals surface area contributed by atoms with Gasteiger partial charge in [0.25, 0.3) is 0 Å². The van der Waals surface area contributed by atoms with Crippen molar-refractivity contribution in [2.75, 3.05) is 0 Å². The molecule has 0 aliphatic rings. The van der Waals surface area contributed by atoms with E-state index in [1.54, 1.807) is 0 Å². The number of hydrogen-bond acceptors (Lipinski definition) is 0. The second-order valence-electron chi connectivity index (χ2n) is 11.2. The highest BCUT2D eigenvalue weighted by Crippen LogP contribution is 2.49. The highest BCUT2D eigenvalue weighted by Gasteiger charge is 2.21. The van der Waals surface area contributed by atoms with Crippen molar-refractivity contribution in [3.05, 3.63) is 158 Å². The van der Waals surface area contributed by atoms with E-state index in [0.29, 0.717) is 0 Å². The summed E-state index contributed by atoms with van der Waals surface area (Å²) in [4.78, 5) is 0. The monoisotopic (exact) mass is 530 g/mol. The van der Waals surface area contributed by atoms with Crippen molar-refractivity contribution in [2.24, 2.45) is 0 Å². The number of benzene rings is 9. The molecule has 0 heteroatoms. The minimum absolute atomic E-state index is 1.23. The average Bonchev–Trinajstić information content (AvgIpc) is 3.07. The average molecular weight is 531 g/mol. The molecule has 9 aromatic carbocycles. The lowest BCUT2D eigenvalue weighted by Crippen LogP contribution is -1.94. The first-order valence-corrected chi connectivity index (χ1v) is 14.6. The molecule has 0 spiro atoms. The SMILES string of the molecule is c1ccc(-c2cccc3c(-c4ccc5ccc6cccc7ccc4c5c67)c4ccccc4c(-c4ccccc4)c23)cc1. The van der Waals surface area contributed by atoms with Crippen molar-refractivity contribution in [1.82, 2.24) is 0 Å². The maximum Gasteiger partial charge on any atom is -0.00141 e. The van der Waals surface area contributed by atoms with Crippen LogP contribution in [0.4, 0.5) is 0 Å². The zero-order chi connectivity index (χ0) is 27.6. The summed E-state index contributed by atoms with van der Waals surface area (Å²) in [5, 5.41) is 13.0. The fraction of sp³-hybridized carbons (Fsp3) is 0. The van der Waals surface area contributed by atoms with Gasteiger partial charge in [-0.05, 0) is 87.2 Å². The van der Waals surface area contributed by atoms with Crippen LogP contribution in [0, 0.1) is 0 Å². The van der Waals surface area contributed by atoms with Crippen LogP contribution in [0.2, 0.25) is 0 Å². The molecule has 9 aromatic rings. The van der Waals surface area contributed by atoms with E-state index in [4.69, 9.17) is 0 Å². The van der Waals surface area contributed by atoms with Crippen LogP contribution in [0.5, 0.6) is 0 Å². The van der Waals surface area contributed by atoms with E-state index in [2.05, 4.69) is 158 Å². The molecule has 0 atom stereocenters. The van der Waals surface area contributed by atoms with E-state index >= 15 is 0 Å². The van der Waals surface area contributed by atoms with Gasteiger partial charge in [-0.25, -0.2) is 0 Å². The Hall–Kier alpha value is -5.46. The van der Waals surface area contributed by atoms with Crippen molar-refractivity contribution < 1.29 is 0 Å². The minimum Gasteiger partial charge on any atom is -0.0622 e. The van der Waals surface area contributed by atoms with Gasteiger partial charge in [-0.3, -0.25) is 0 Å². The van der Waals surface area contributed by atoms with Crippen LogP contribution in [0.25, 0.3) is 87.2 Å². The minimum atomic E-state index is 1.23. The maximum absolute atomic E-state index is 2.35. The zero-order valence-corrected chi connectivity index (χ0v) is 23.0. The van der Waals surface area contributed by atoms with Crippen molar-refractivity contribution in [3.8, 4) is 33.4 Å². The third-order valence-electron chi connectivity index (χ3n) is 8.99. The van der Waals surface area contributed by atoms with E-state index in [-0.39, 0.29) is 0 Å². The van der Waals surface area contributed by atoms with Crippen molar-refractivity contribution >= 4 is 53.9 Å². The Morgan fingerprint density at radius 3 is 1.52 bits per heavy atom. The second-order valence-corrected chi connectivity index (χ2v) is 11.2. The number of hydrogen-bond donors (Lipinski definition) is 0. The first-order chi connectivity index (χ1) is 20.9. The molecule has 0 amide bonds. The predicted molar refractivity (Wildman–Crippen MR) is 181 cm³/mol. The van der Waals surface area contributed by atoms with E-state index in [1.807, 2.05) is 0 Å². The summed E-state index contributed by atoms with van der Waals surface area (Å²) in [5.41, 5.74) is 7.61. The van der Waals surface area contributed by atoms with Crippen LogP contribution in [0.15, 0.2) is 158 Å². The molecule has 0 unspecified atom stereocenters. The Balaban J connectivity index is 1.51. The van der Waals surface area contributed by atoms with Gasteiger partial charge in [-0.1, -0.05) is 158 Å². The summed E-state index contributed by atoms with van der Waals surface area (Å²) in [5.74, 6) is 0. The Bertz CT molecular complexity index is 2420. The molecule has 0 bridgehead atoms. The number of rotatable bonds is 3. The summed E-state index contributed by atoms with van der Waals surface area (Å²) in [6, 6.07) is 58.0. The Morgan fingerprint density at radius 2 is 0.786 bits per heavy atom. The molecule has 0 aromatic heterocycles. The number of fused-ring (bicyclic) bond motifs is 2. The van der Waals surface area contributed by atoms with Gasteiger partial charge in [-0.2, -0.15) is 0 Å². The van der Waals surface area contributed by atoms with Crippen LogP contribution in [0.3, 0.4) is 0 Å². The van der Waals surface area contributed by atoms with Crippen molar-refractivity contribution in [3.63, 3.8) is 0 Å². The van der Waals surface area contributed by atoms with Gasteiger partial charge in [0.05, 0.1) is 0 Å². The molecule has 0 saturated carbocycles. The largest absolute Gasteiger partial charge is 0.0622 e. The van der Waals surface area contributed by atoms with Crippen LogP contribution in [-0.4, -0.2) is 0 Å². The summed E-state index contributed by atoms with van der Waals surface area (Å²) in [6.07, 6.45) is 0. The first-order valence-electron chi connectivity index (χ1n) is 14.6. The van der Waals surface area contributed by atoms with Gasteiger partial charge in [0.1, 0.15) is 0 Å². The molecular weight excluding hydrogens is 504 g/mol. The lowest BCUT2D eigenvalue weighted by Gasteiger charge is -2.22. The molecule has 0 aliphatic heterocycles.